The fourth-order valence-corrected chi connectivity index (χ4v) is 5.34. The lowest BCUT2D eigenvalue weighted by atomic mass is 10.0. The quantitative estimate of drug-likeness (QED) is 0.304. The molecule has 0 bridgehead atoms. The van der Waals surface area contributed by atoms with Gasteiger partial charge in [-0.15, -0.1) is 0 Å². The number of hydrogen-bond acceptors (Lipinski definition) is 4. The average Bonchev–Trinajstić information content (AvgIpc) is 2.93. The van der Waals surface area contributed by atoms with Gasteiger partial charge in [0.2, 0.25) is 21.8 Å². The lowest BCUT2D eigenvalue weighted by molar-refractivity contribution is -0.140. The molecule has 0 radical (unpaired) electrons. The summed E-state index contributed by atoms with van der Waals surface area (Å²) in [6.07, 6.45) is 2.13. The highest BCUT2D eigenvalue weighted by Gasteiger charge is 2.33. The van der Waals surface area contributed by atoms with Gasteiger partial charge in [0.25, 0.3) is 0 Å². The van der Waals surface area contributed by atoms with Crippen molar-refractivity contribution in [3.05, 3.63) is 101 Å². The fourth-order valence-electron chi connectivity index (χ4n) is 4.30. The first-order valence-corrected chi connectivity index (χ1v) is 15.6. The topological polar surface area (TPSA) is 86.8 Å². The third kappa shape index (κ3) is 8.83. The Hall–Kier alpha value is -3.36. The highest BCUT2D eigenvalue weighted by Crippen LogP contribution is 2.23. The van der Waals surface area contributed by atoms with Crippen LogP contribution in [0.2, 0.25) is 5.02 Å². The lowest BCUT2D eigenvalue weighted by Crippen LogP contribution is -2.53. The molecule has 0 saturated heterocycles. The Labute approximate surface area is 243 Å². The second kappa shape index (κ2) is 14.3. The molecule has 0 aliphatic carbocycles. The molecule has 0 aliphatic heterocycles. The summed E-state index contributed by atoms with van der Waals surface area (Å²) in [5.74, 6) is -0.609. The van der Waals surface area contributed by atoms with Crippen LogP contribution in [-0.4, -0.2) is 50.5 Å². The van der Waals surface area contributed by atoms with Gasteiger partial charge >= 0.3 is 0 Å². The maximum atomic E-state index is 14.1. The van der Waals surface area contributed by atoms with Crippen LogP contribution in [-0.2, 0) is 39.0 Å². The van der Waals surface area contributed by atoms with Crippen LogP contribution in [0.25, 0.3) is 0 Å². The minimum atomic E-state index is -3.81. The summed E-state index contributed by atoms with van der Waals surface area (Å²) in [6.45, 7) is 6.02. The smallest absolute Gasteiger partial charge is 0.244 e. The number of aryl methyl sites for hydroxylation is 1. The Morgan fingerprint density at radius 2 is 1.52 bits per heavy atom. The van der Waals surface area contributed by atoms with Crippen molar-refractivity contribution in [3.8, 4) is 0 Å². The Bertz CT molecular complexity index is 1380. The van der Waals surface area contributed by atoms with Crippen molar-refractivity contribution in [1.82, 2.24) is 10.2 Å². The molecule has 1 N–H and O–H groups in total. The average molecular weight is 584 g/mol. The second-order valence-electron chi connectivity index (χ2n) is 10.2. The van der Waals surface area contributed by atoms with Crippen LogP contribution in [0.15, 0.2) is 78.9 Å². The van der Waals surface area contributed by atoms with Crippen LogP contribution < -0.4 is 9.62 Å². The zero-order chi connectivity index (χ0) is 29.3. The van der Waals surface area contributed by atoms with Crippen LogP contribution in [0.5, 0.6) is 0 Å². The normalized spacial score (nSPS) is 12.2. The number of hydrogen-bond donors (Lipinski definition) is 1. The Kier molecular flexibility index (Phi) is 11.2. The summed E-state index contributed by atoms with van der Waals surface area (Å²) in [6, 6.07) is 22.8. The molecule has 0 saturated carbocycles. The molecule has 2 amide bonds. The van der Waals surface area contributed by atoms with E-state index in [4.69, 9.17) is 11.6 Å². The van der Waals surface area contributed by atoms with Gasteiger partial charge in [-0.1, -0.05) is 93.0 Å². The van der Waals surface area contributed by atoms with Gasteiger partial charge in [0.1, 0.15) is 12.6 Å². The molecule has 0 heterocycles. The van der Waals surface area contributed by atoms with Gasteiger partial charge in [-0.05, 0) is 47.2 Å². The third-order valence-electron chi connectivity index (χ3n) is 6.57. The number of amides is 2. The summed E-state index contributed by atoms with van der Waals surface area (Å²) >= 11 is 6.48. The summed E-state index contributed by atoms with van der Waals surface area (Å²) in [7, 11) is -3.81. The van der Waals surface area contributed by atoms with E-state index < -0.39 is 28.5 Å². The summed E-state index contributed by atoms with van der Waals surface area (Å²) in [5, 5.41) is 3.42. The zero-order valence-electron chi connectivity index (χ0n) is 23.5. The summed E-state index contributed by atoms with van der Waals surface area (Å²) in [5.41, 5.74) is 2.97. The molecule has 0 fully saturated rings. The SMILES string of the molecule is CCc1ccc(N(CC(=O)N(Cc2ccccc2Cl)[C@H](Cc2ccccc2)C(=O)NCC(C)C)S(C)(=O)=O)cc1. The van der Waals surface area contributed by atoms with Gasteiger partial charge < -0.3 is 10.2 Å². The van der Waals surface area contributed by atoms with Crippen LogP contribution in [0.3, 0.4) is 0 Å². The predicted molar refractivity (Wildman–Crippen MR) is 162 cm³/mol. The van der Waals surface area contributed by atoms with E-state index in [1.807, 2.05) is 69.3 Å². The van der Waals surface area contributed by atoms with Crippen molar-refractivity contribution in [3.63, 3.8) is 0 Å². The van der Waals surface area contributed by atoms with Crippen LogP contribution in [0, 0.1) is 5.92 Å². The maximum absolute atomic E-state index is 14.1. The maximum Gasteiger partial charge on any atom is 0.244 e. The van der Waals surface area contributed by atoms with Crippen molar-refractivity contribution < 1.29 is 18.0 Å². The molecule has 0 unspecified atom stereocenters. The van der Waals surface area contributed by atoms with E-state index in [0.29, 0.717) is 22.8 Å². The first-order valence-electron chi connectivity index (χ1n) is 13.4. The molecule has 0 aliphatic rings. The molecule has 9 heteroatoms. The Balaban J connectivity index is 2.04. The number of carbonyl (C=O) groups excluding carboxylic acids is 2. The number of nitrogens with zero attached hydrogens (tertiary/aromatic N) is 2. The predicted octanol–water partition coefficient (Wildman–Crippen LogP) is 5.08. The van der Waals surface area contributed by atoms with Gasteiger partial charge in [0.15, 0.2) is 0 Å². The highest BCUT2D eigenvalue weighted by molar-refractivity contribution is 7.92. The van der Waals surface area contributed by atoms with Crippen molar-refractivity contribution in [2.45, 2.75) is 46.2 Å². The van der Waals surface area contributed by atoms with E-state index >= 15 is 0 Å². The molecule has 7 nitrogen and oxygen atoms in total. The number of sulfonamides is 1. The van der Waals surface area contributed by atoms with Crippen molar-refractivity contribution >= 4 is 39.1 Å². The summed E-state index contributed by atoms with van der Waals surface area (Å²) < 4.78 is 26.9. The third-order valence-corrected chi connectivity index (χ3v) is 8.08. The molecule has 0 aromatic heterocycles. The highest BCUT2D eigenvalue weighted by atomic mass is 35.5. The van der Waals surface area contributed by atoms with E-state index in [9.17, 15) is 18.0 Å². The number of anilines is 1. The molecule has 3 aromatic carbocycles. The van der Waals surface area contributed by atoms with Crippen molar-refractivity contribution in [1.29, 1.82) is 0 Å². The monoisotopic (exact) mass is 583 g/mol. The number of nitrogens with one attached hydrogen (secondary N) is 1. The van der Waals surface area contributed by atoms with Crippen LogP contribution in [0.1, 0.15) is 37.5 Å². The molecule has 1 atom stereocenters. The molecule has 40 heavy (non-hydrogen) atoms. The molecule has 3 rings (SSSR count). The number of carbonyl (C=O) groups is 2. The lowest BCUT2D eigenvalue weighted by Gasteiger charge is -2.34. The first-order chi connectivity index (χ1) is 19.0. The molecule has 0 spiro atoms. The van der Waals surface area contributed by atoms with Gasteiger partial charge in [-0.2, -0.15) is 0 Å². The van der Waals surface area contributed by atoms with Gasteiger partial charge in [0.05, 0.1) is 11.9 Å². The molecular formula is C31H38ClN3O4S. The number of halogens is 1. The minimum absolute atomic E-state index is 0.0392. The fraction of sp³-hybridized carbons (Fsp3) is 0.355. The van der Waals surface area contributed by atoms with Gasteiger partial charge in [-0.3, -0.25) is 13.9 Å². The first kappa shape index (κ1) is 31.2. The molecule has 3 aromatic rings. The van der Waals surface area contributed by atoms with E-state index in [0.717, 1.165) is 28.1 Å². The van der Waals surface area contributed by atoms with E-state index in [-0.39, 0.29) is 24.8 Å². The Morgan fingerprint density at radius 3 is 2.10 bits per heavy atom. The standard InChI is InChI=1S/C31H38ClN3O4S/c1-5-24-15-17-27(18-16-24)35(40(4,38)39)22-30(36)34(21-26-13-9-10-14-28(26)32)29(31(37)33-20-23(2)3)19-25-11-7-6-8-12-25/h6-18,23,29H,5,19-22H2,1-4H3,(H,33,37)/t29-/m1/s1. The van der Waals surface area contributed by atoms with E-state index in [2.05, 4.69) is 5.32 Å². The summed E-state index contributed by atoms with van der Waals surface area (Å²) in [4.78, 5) is 29.2. The van der Waals surface area contributed by atoms with Crippen molar-refractivity contribution in [2.24, 2.45) is 5.92 Å². The molecule has 214 valence electrons. The zero-order valence-corrected chi connectivity index (χ0v) is 25.1. The minimum Gasteiger partial charge on any atom is -0.354 e. The van der Waals surface area contributed by atoms with Crippen LogP contribution in [0.4, 0.5) is 5.69 Å². The number of benzene rings is 3. The second-order valence-corrected chi connectivity index (χ2v) is 12.6. The van der Waals surface area contributed by atoms with Crippen molar-refractivity contribution in [2.75, 3.05) is 23.7 Å². The van der Waals surface area contributed by atoms with Crippen LogP contribution >= 0.6 is 11.6 Å². The van der Waals surface area contributed by atoms with Gasteiger partial charge in [0, 0.05) is 24.5 Å². The largest absolute Gasteiger partial charge is 0.354 e. The van der Waals surface area contributed by atoms with E-state index in [1.54, 1.807) is 30.3 Å². The van der Waals surface area contributed by atoms with Gasteiger partial charge in [-0.25, -0.2) is 8.42 Å². The van der Waals surface area contributed by atoms with E-state index in [1.165, 1.54) is 4.90 Å². The number of rotatable bonds is 13. The molecular weight excluding hydrogens is 546 g/mol. The Morgan fingerprint density at radius 1 is 0.900 bits per heavy atom.